The van der Waals surface area contributed by atoms with E-state index < -0.39 is 24.9 Å². The number of methoxy groups -OCH3 is 2. The number of hydrogen-bond donors (Lipinski definition) is 1. The Morgan fingerprint density at radius 3 is 2.32 bits per heavy atom. The number of hydrogen-bond acceptors (Lipinski definition) is 4. The van der Waals surface area contributed by atoms with Crippen molar-refractivity contribution in [2.24, 2.45) is 0 Å². The number of anilines is 1. The number of nitrogens with one attached hydrogen (secondary N) is 1. The van der Waals surface area contributed by atoms with Crippen LogP contribution in [0.15, 0.2) is 36.4 Å². The Morgan fingerprint density at radius 1 is 1.07 bits per heavy atom. The molecule has 0 radical (unpaired) electrons. The maximum Gasteiger partial charge on any atom is 0.340 e. The van der Waals surface area contributed by atoms with Gasteiger partial charge in [-0.2, -0.15) is 8.78 Å². The van der Waals surface area contributed by atoms with Crippen LogP contribution in [-0.4, -0.2) is 39.1 Å². The van der Waals surface area contributed by atoms with Crippen LogP contribution in [0.3, 0.4) is 0 Å². The van der Waals surface area contributed by atoms with Crippen LogP contribution in [0, 0.1) is 0 Å². The largest absolute Gasteiger partial charge is 0.493 e. The monoisotopic (exact) mass is 421 g/mol. The zero-order valence-corrected chi connectivity index (χ0v) is 15.5. The lowest BCUT2D eigenvalue weighted by Gasteiger charge is -2.18. The smallest absolute Gasteiger partial charge is 0.340 e. The van der Waals surface area contributed by atoms with Crippen molar-refractivity contribution in [3.05, 3.63) is 47.0 Å². The predicted octanol–water partition coefficient (Wildman–Crippen LogP) is 4.89. The number of halogens is 5. The Bertz CT molecular complexity index is 848. The van der Waals surface area contributed by atoms with Crippen molar-refractivity contribution < 1.29 is 36.6 Å². The highest BCUT2D eigenvalue weighted by molar-refractivity contribution is 6.31. The molecule has 10 heteroatoms. The summed E-state index contributed by atoms with van der Waals surface area (Å²) in [5.74, 6) is -4.51. The van der Waals surface area contributed by atoms with Crippen LogP contribution in [0.4, 0.5) is 23.2 Å². The van der Waals surface area contributed by atoms with Crippen molar-refractivity contribution in [3.8, 4) is 17.2 Å². The summed E-state index contributed by atoms with van der Waals surface area (Å²) in [6, 6.07) is 8.11. The van der Waals surface area contributed by atoms with Crippen molar-refractivity contribution >= 4 is 23.2 Å². The van der Waals surface area contributed by atoms with Gasteiger partial charge in [-0.1, -0.05) is 11.6 Å². The second-order valence-corrected chi connectivity index (χ2v) is 5.95. The van der Waals surface area contributed by atoms with E-state index in [1.165, 1.54) is 50.6 Å². The van der Waals surface area contributed by atoms with Crippen molar-refractivity contribution in [2.75, 3.05) is 26.1 Å². The van der Waals surface area contributed by atoms with Gasteiger partial charge in [-0.3, -0.25) is 4.79 Å². The van der Waals surface area contributed by atoms with E-state index in [1.54, 1.807) is 0 Å². The van der Waals surface area contributed by atoms with Gasteiger partial charge in [0, 0.05) is 10.6 Å². The lowest BCUT2D eigenvalue weighted by Crippen LogP contribution is -2.33. The quantitative estimate of drug-likeness (QED) is 0.617. The predicted molar refractivity (Wildman–Crippen MR) is 95.4 cm³/mol. The first-order valence-electron chi connectivity index (χ1n) is 7.79. The van der Waals surface area contributed by atoms with Crippen LogP contribution >= 0.6 is 11.6 Å². The first kappa shape index (κ1) is 21.6. The average molecular weight is 422 g/mol. The second-order valence-electron chi connectivity index (χ2n) is 5.51. The van der Waals surface area contributed by atoms with E-state index in [1.807, 2.05) is 0 Å². The molecule has 2 aromatic carbocycles. The highest BCUT2D eigenvalue weighted by Crippen LogP contribution is 2.32. The summed E-state index contributed by atoms with van der Waals surface area (Å²) in [6.45, 7) is -1.56. The van der Waals surface area contributed by atoms with Crippen molar-refractivity contribution in [1.82, 2.24) is 0 Å². The number of carbonyl (C=O) groups excluding carboxylic acids is 1. The molecular weight excluding hydrogens is 406 g/mol. The van der Waals surface area contributed by atoms with Gasteiger partial charge in [0.2, 0.25) is 0 Å². The van der Waals surface area contributed by atoms with Crippen LogP contribution < -0.4 is 19.5 Å². The Hall–Kier alpha value is -2.68. The molecule has 0 unspecified atom stereocenters. The molecule has 0 spiro atoms. The molecule has 0 aliphatic rings. The van der Waals surface area contributed by atoms with E-state index in [0.29, 0.717) is 11.5 Å². The lowest BCUT2D eigenvalue weighted by atomic mass is 10.1. The van der Waals surface area contributed by atoms with Gasteiger partial charge in [-0.05, 0) is 36.4 Å². The Balaban J connectivity index is 2.23. The summed E-state index contributed by atoms with van der Waals surface area (Å²) in [6.07, 6.45) is -3.88. The molecule has 2 rings (SSSR count). The minimum absolute atomic E-state index is 0.0580. The molecule has 0 atom stereocenters. The molecule has 1 N–H and O–H groups in total. The molecule has 0 aliphatic heterocycles. The first-order chi connectivity index (χ1) is 13.2. The van der Waals surface area contributed by atoms with Crippen LogP contribution in [0.5, 0.6) is 17.2 Å². The third-order valence-electron chi connectivity index (χ3n) is 3.57. The Kier molecular flexibility index (Phi) is 6.95. The number of carbonyl (C=O) groups is 1. The van der Waals surface area contributed by atoms with Crippen molar-refractivity contribution in [1.29, 1.82) is 0 Å². The van der Waals surface area contributed by atoms with Gasteiger partial charge in [-0.25, -0.2) is 8.78 Å². The SMILES string of the molecule is COc1ccc(C(=O)Nc2cc(Cl)ccc2OCC(F)(F)C(F)F)cc1OC. The molecule has 0 fully saturated rings. The number of rotatable bonds is 8. The number of ether oxygens (including phenoxy) is 3. The molecule has 0 heterocycles. The van der Waals surface area contributed by atoms with Crippen molar-refractivity contribution in [3.63, 3.8) is 0 Å². The fraction of sp³-hybridized carbons (Fsp3) is 0.278. The Morgan fingerprint density at radius 2 is 1.71 bits per heavy atom. The summed E-state index contributed by atoms with van der Waals surface area (Å²) in [5.41, 5.74) is 0.110. The zero-order valence-electron chi connectivity index (χ0n) is 14.8. The average Bonchev–Trinajstić information content (AvgIpc) is 2.66. The summed E-state index contributed by atoms with van der Waals surface area (Å²) >= 11 is 5.86. The zero-order chi connectivity index (χ0) is 20.9. The molecule has 0 bridgehead atoms. The third kappa shape index (κ3) is 5.19. The second kappa shape index (κ2) is 9.01. The molecule has 0 saturated heterocycles. The lowest BCUT2D eigenvalue weighted by molar-refractivity contribution is -0.148. The van der Waals surface area contributed by atoms with Crippen LogP contribution in [0.1, 0.15) is 10.4 Å². The van der Waals surface area contributed by atoms with Gasteiger partial charge in [-0.15, -0.1) is 0 Å². The summed E-state index contributed by atoms with van der Waals surface area (Å²) in [5, 5.41) is 2.62. The molecule has 5 nitrogen and oxygen atoms in total. The molecule has 0 aliphatic carbocycles. The molecule has 28 heavy (non-hydrogen) atoms. The fourth-order valence-corrected chi connectivity index (χ4v) is 2.31. The normalized spacial score (nSPS) is 11.3. The number of amides is 1. The highest BCUT2D eigenvalue weighted by Gasteiger charge is 2.41. The molecule has 152 valence electrons. The van der Waals surface area contributed by atoms with Crippen LogP contribution in [0.25, 0.3) is 0 Å². The van der Waals surface area contributed by atoms with E-state index in [9.17, 15) is 22.4 Å². The van der Waals surface area contributed by atoms with E-state index in [4.69, 9.17) is 25.8 Å². The summed E-state index contributed by atoms with van der Waals surface area (Å²) in [4.78, 5) is 12.5. The van der Waals surface area contributed by atoms with E-state index in [2.05, 4.69) is 5.32 Å². The van der Waals surface area contributed by atoms with Crippen molar-refractivity contribution in [2.45, 2.75) is 12.3 Å². The van der Waals surface area contributed by atoms with Gasteiger partial charge in [0.15, 0.2) is 18.1 Å². The van der Waals surface area contributed by atoms with Gasteiger partial charge >= 0.3 is 12.3 Å². The van der Waals surface area contributed by atoms with E-state index in [0.717, 1.165) is 0 Å². The van der Waals surface area contributed by atoms with E-state index >= 15 is 0 Å². The first-order valence-corrected chi connectivity index (χ1v) is 8.17. The molecule has 0 aromatic heterocycles. The van der Waals surface area contributed by atoms with Crippen LogP contribution in [0.2, 0.25) is 5.02 Å². The van der Waals surface area contributed by atoms with Crippen LogP contribution in [-0.2, 0) is 0 Å². The number of benzene rings is 2. The molecular formula is C18H16ClF4NO4. The fourth-order valence-electron chi connectivity index (χ4n) is 2.13. The molecule has 1 amide bonds. The maximum absolute atomic E-state index is 13.1. The highest BCUT2D eigenvalue weighted by atomic mass is 35.5. The minimum Gasteiger partial charge on any atom is -0.493 e. The van der Waals surface area contributed by atoms with E-state index in [-0.39, 0.29) is 22.0 Å². The summed E-state index contributed by atoms with van der Waals surface area (Å²) < 4.78 is 65.8. The topological polar surface area (TPSA) is 56.8 Å². The number of alkyl halides is 4. The Labute approximate surface area is 163 Å². The standard InChI is InChI=1S/C18H16ClF4NO4/c1-26-14-5-3-10(7-15(14)27-2)16(25)24-12-8-11(19)4-6-13(12)28-9-18(22,23)17(20)21/h3-8,17H,9H2,1-2H3,(H,24,25). The van der Waals surface area contributed by atoms with Gasteiger partial charge in [0.1, 0.15) is 5.75 Å². The summed E-state index contributed by atoms with van der Waals surface area (Å²) in [7, 11) is 2.83. The molecule has 2 aromatic rings. The van der Waals surface area contributed by atoms with Gasteiger partial charge < -0.3 is 19.5 Å². The minimum atomic E-state index is -4.34. The van der Waals surface area contributed by atoms with Gasteiger partial charge in [0.25, 0.3) is 5.91 Å². The maximum atomic E-state index is 13.1. The van der Waals surface area contributed by atoms with Gasteiger partial charge in [0.05, 0.1) is 19.9 Å². The molecule has 0 saturated carbocycles. The third-order valence-corrected chi connectivity index (χ3v) is 3.81.